The van der Waals surface area contributed by atoms with E-state index in [0.29, 0.717) is 5.82 Å². The molecule has 1 unspecified atom stereocenters. The third-order valence-electron chi connectivity index (χ3n) is 5.19. The fraction of sp³-hybridized carbons (Fsp3) is 0.348. The van der Waals surface area contributed by atoms with Crippen molar-refractivity contribution in [2.45, 2.75) is 43.4 Å². The first-order valence-electron chi connectivity index (χ1n) is 10.2. The molecule has 0 spiro atoms. The molecule has 0 saturated carbocycles. The van der Waals surface area contributed by atoms with Gasteiger partial charge in [0.1, 0.15) is 10.9 Å². The summed E-state index contributed by atoms with van der Waals surface area (Å²) in [5.41, 5.74) is 2.96. The van der Waals surface area contributed by atoms with Gasteiger partial charge in [-0.2, -0.15) is 0 Å². The number of benzene rings is 2. The highest BCUT2D eigenvalue weighted by Crippen LogP contribution is 2.29. The van der Waals surface area contributed by atoms with Crippen molar-refractivity contribution >= 4 is 39.9 Å². The standard InChI is InChI=1S/C23H26N4OS/c1-16(29-23-20-8-4-5-9-21(20)24-17(2)25-23)22(28)26-18-10-12-19(13-11-18)27-14-6-3-7-15-27/h4-5,8-13,16H,3,6-7,14-15H2,1-2H3,(H,26,28). The largest absolute Gasteiger partial charge is 0.372 e. The molecule has 4 rings (SSSR count). The average Bonchev–Trinajstić information content (AvgIpc) is 2.74. The van der Waals surface area contributed by atoms with Crippen LogP contribution in [0.25, 0.3) is 10.9 Å². The molecular formula is C23H26N4OS. The minimum atomic E-state index is -0.269. The number of aryl methyl sites for hydroxylation is 1. The summed E-state index contributed by atoms with van der Waals surface area (Å²) in [5, 5.41) is 4.59. The summed E-state index contributed by atoms with van der Waals surface area (Å²) in [5.74, 6) is 0.688. The molecule has 5 nitrogen and oxygen atoms in total. The van der Waals surface area contributed by atoms with E-state index in [-0.39, 0.29) is 11.2 Å². The van der Waals surface area contributed by atoms with Gasteiger partial charge in [0.15, 0.2) is 0 Å². The van der Waals surface area contributed by atoms with Crippen molar-refractivity contribution in [3.8, 4) is 0 Å². The number of hydrogen-bond acceptors (Lipinski definition) is 5. The number of thioether (sulfide) groups is 1. The number of rotatable bonds is 5. The van der Waals surface area contributed by atoms with Crippen LogP contribution in [0.1, 0.15) is 32.0 Å². The number of carbonyl (C=O) groups is 1. The van der Waals surface area contributed by atoms with Crippen LogP contribution in [-0.4, -0.2) is 34.2 Å². The van der Waals surface area contributed by atoms with Gasteiger partial charge in [-0.3, -0.25) is 4.79 Å². The maximum absolute atomic E-state index is 12.7. The Hall–Kier alpha value is -2.60. The van der Waals surface area contributed by atoms with E-state index in [1.54, 1.807) is 0 Å². The highest BCUT2D eigenvalue weighted by atomic mass is 32.2. The molecule has 6 heteroatoms. The van der Waals surface area contributed by atoms with Crippen LogP contribution < -0.4 is 10.2 Å². The van der Waals surface area contributed by atoms with E-state index in [2.05, 4.69) is 32.3 Å². The first-order chi connectivity index (χ1) is 14.1. The molecule has 1 saturated heterocycles. The number of hydrogen-bond donors (Lipinski definition) is 1. The van der Waals surface area contributed by atoms with Gasteiger partial charge in [-0.25, -0.2) is 9.97 Å². The lowest BCUT2D eigenvalue weighted by Gasteiger charge is -2.28. The lowest BCUT2D eigenvalue weighted by molar-refractivity contribution is -0.115. The SMILES string of the molecule is Cc1nc(SC(C)C(=O)Nc2ccc(N3CCCCC3)cc2)c2ccccc2n1. The van der Waals surface area contributed by atoms with E-state index in [1.165, 1.54) is 36.7 Å². The fourth-order valence-electron chi connectivity index (χ4n) is 3.62. The minimum absolute atomic E-state index is 0.0268. The van der Waals surface area contributed by atoms with Crippen LogP contribution in [-0.2, 0) is 4.79 Å². The van der Waals surface area contributed by atoms with Crippen LogP contribution in [0.15, 0.2) is 53.6 Å². The zero-order chi connectivity index (χ0) is 20.2. The molecule has 1 N–H and O–H groups in total. The Labute approximate surface area is 175 Å². The van der Waals surface area contributed by atoms with Gasteiger partial charge in [-0.15, -0.1) is 0 Å². The van der Waals surface area contributed by atoms with Crippen molar-refractivity contribution in [3.05, 3.63) is 54.4 Å². The molecule has 1 amide bonds. The summed E-state index contributed by atoms with van der Waals surface area (Å²) in [4.78, 5) is 24.2. The van der Waals surface area contributed by atoms with Crippen molar-refractivity contribution in [2.24, 2.45) is 0 Å². The van der Waals surface area contributed by atoms with E-state index in [0.717, 1.165) is 34.7 Å². The van der Waals surface area contributed by atoms with Crippen molar-refractivity contribution in [2.75, 3.05) is 23.3 Å². The smallest absolute Gasteiger partial charge is 0.237 e. The maximum Gasteiger partial charge on any atom is 0.237 e. The van der Waals surface area contributed by atoms with E-state index < -0.39 is 0 Å². The highest BCUT2D eigenvalue weighted by molar-refractivity contribution is 8.00. The number of nitrogens with zero attached hydrogens (tertiary/aromatic N) is 3. The van der Waals surface area contributed by atoms with Gasteiger partial charge in [0.05, 0.1) is 10.8 Å². The summed E-state index contributed by atoms with van der Waals surface area (Å²) >= 11 is 1.47. The van der Waals surface area contributed by atoms with Crippen molar-refractivity contribution in [1.29, 1.82) is 0 Å². The quantitative estimate of drug-likeness (QED) is 0.475. The second-order valence-corrected chi connectivity index (χ2v) is 8.77. The number of amides is 1. The van der Waals surface area contributed by atoms with Crippen LogP contribution in [0.2, 0.25) is 0 Å². The van der Waals surface area contributed by atoms with E-state index in [1.807, 2.05) is 50.2 Å². The van der Waals surface area contributed by atoms with Gasteiger partial charge in [0.2, 0.25) is 5.91 Å². The van der Waals surface area contributed by atoms with Crippen LogP contribution >= 0.6 is 11.8 Å². The van der Waals surface area contributed by atoms with Gasteiger partial charge in [-0.05, 0) is 63.4 Å². The van der Waals surface area contributed by atoms with Crippen LogP contribution in [0.4, 0.5) is 11.4 Å². The van der Waals surface area contributed by atoms with Gasteiger partial charge in [-0.1, -0.05) is 30.0 Å². The molecule has 29 heavy (non-hydrogen) atoms. The average molecular weight is 407 g/mol. The lowest BCUT2D eigenvalue weighted by Crippen LogP contribution is -2.29. The van der Waals surface area contributed by atoms with E-state index >= 15 is 0 Å². The number of para-hydroxylation sites is 1. The Morgan fingerprint density at radius 1 is 1.03 bits per heavy atom. The third kappa shape index (κ3) is 4.70. The second-order valence-electron chi connectivity index (χ2n) is 7.44. The fourth-order valence-corrected chi connectivity index (χ4v) is 4.61. The molecule has 3 aromatic rings. The molecule has 2 heterocycles. The van der Waals surface area contributed by atoms with Gasteiger partial charge >= 0.3 is 0 Å². The van der Waals surface area contributed by atoms with E-state index in [9.17, 15) is 4.79 Å². The Kier molecular flexibility index (Phi) is 6.00. The first kappa shape index (κ1) is 19.7. The van der Waals surface area contributed by atoms with Gasteiger partial charge < -0.3 is 10.2 Å². The van der Waals surface area contributed by atoms with Gasteiger partial charge in [0.25, 0.3) is 0 Å². The number of carbonyl (C=O) groups excluding carboxylic acids is 1. The number of nitrogens with one attached hydrogen (secondary N) is 1. The van der Waals surface area contributed by atoms with Gasteiger partial charge in [0, 0.05) is 29.9 Å². The van der Waals surface area contributed by atoms with Crippen LogP contribution in [0.3, 0.4) is 0 Å². The Morgan fingerprint density at radius 2 is 1.76 bits per heavy atom. The van der Waals surface area contributed by atoms with Crippen LogP contribution in [0, 0.1) is 6.92 Å². The number of piperidine rings is 1. The predicted molar refractivity (Wildman–Crippen MR) is 121 cm³/mol. The van der Waals surface area contributed by atoms with Crippen molar-refractivity contribution in [1.82, 2.24) is 9.97 Å². The third-order valence-corrected chi connectivity index (χ3v) is 6.30. The summed E-state index contributed by atoms with van der Waals surface area (Å²) in [7, 11) is 0. The summed E-state index contributed by atoms with van der Waals surface area (Å²) in [6, 6.07) is 16.1. The van der Waals surface area contributed by atoms with Crippen LogP contribution in [0.5, 0.6) is 0 Å². The molecule has 0 aliphatic carbocycles. The van der Waals surface area contributed by atoms with Crippen molar-refractivity contribution in [3.63, 3.8) is 0 Å². The zero-order valence-electron chi connectivity index (χ0n) is 16.9. The first-order valence-corrected chi connectivity index (χ1v) is 11.0. The predicted octanol–water partition coefficient (Wildman–Crippen LogP) is 5.05. The monoisotopic (exact) mass is 406 g/mol. The molecule has 1 fully saturated rings. The molecule has 0 radical (unpaired) electrons. The van der Waals surface area contributed by atoms with E-state index in [4.69, 9.17) is 0 Å². The highest BCUT2D eigenvalue weighted by Gasteiger charge is 2.18. The second kappa shape index (κ2) is 8.82. The Balaban J connectivity index is 1.42. The molecule has 1 aliphatic rings. The lowest BCUT2D eigenvalue weighted by atomic mass is 10.1. The number of aromatic nitrogens is 2. The number of anilines is 2. The Bertz CT molecular complexity index is 999. The topological polar surface area (TPSA) is 58.1 Å². The summed E-state index contributed by atoms with van der Waals surface area (Å²) < 4.78 is 0. The number of fused-ring (bicyclic) bond motifs is 1. The molecule has 1 atom stereocenters. The molecule has 0 bridgehead atoms. The maximum atomic E-state index is 12.7. The molecule has 150 valence electrons. The van der Waals surface area contributed by atoms with Crippen molar-refractivity contribution < 1.29 is 4.79 Å². The zero-order valence-corrected chi connectivity index (χ0v) is 17.7. The summed E-state index contributed by atoms with van der Waals surface area (Å²) in [6.45, 7) is 6.02. The summed E-state index contributed by atoms with van der Waals surface area (Å²) in [6.07, 6.45) is 3.83. The minimum Gasteiger partial charge on any atom is -0.372 e. The normalized spacial score (nSPS) is 15.3. The molecule has 1 aliphatic heterocycles. The molecule has 2 aromatic carbocycles. The Morgan fingerprint density at radius 3 is 2.52 bits per heavy atom. The molecule has 1 aromatic heterocycles. The molecular weight excluding hydrogens is 380 g/mol.